The number of carbonyl (C=O) groups is 1. The van der Waals surface area contributed by atoms with E-state index in [0.29, 0.717) is 5.56 Å². The highest BCUT2D eigenvalue weighted by Gasteiger charge is 2.19. The monoisotopic (exact) mass is 249 g/mol. The van der Waals surface area contributed by atoms with Gasteiger partial charge in [-0.15, -0.1) is 0 Å². The molecule has 0 aliphatic carbocycles. The molecule has 3 nitrogen and oxygen atoms in total. The van der Waals surface area contributed by atoms with Crippen LogP contribution in [0.15, 0.2) is 12.1 Å². The van der Waals surface area contributed by atoms with E-state index in [9.17, 15) is 4.79 Å². The van der Waals surface area contributed by atoms with Gasteiger partial charge in [-0.3, -0.25) is 0 Å². The summed E-state index contributed by atoms with van der Waals surface area (Å²) in [5, 5.41) is 3.14. The summed E-state index contributed by atoms with van der Waals surface area (Å²) in [7, 11) is 1.92. The average Bonchev–Trinajstić information content (AvgIpc) is 2.20. The van der Waals surface area contributed by atoms with Crippen LogP contribution in [0.2, 0.25) is 0 Å². The molecule has 18 heavy (non-hydrogen) atoms. The Labute approximate surface area is 110 Å². The highest BCUT2D eigenvalue weighted by molar-refractivity contribution is 5.90. The second-order valence-corrected chi connectivity index (χ2v) is 5.62. The van der Waals surface area contributed by atoms with Crippen molar-refractivity contribution in [1.82, 2.24) is 5.32 Å². The van der Waals surface area contributed by atoms with Gasteiger partial charge in [0.2, 0.25) is 0 Å². The van der Waals surface area contributed by atoms with Gasteiger partial charge < -0.3 is 10.1 Å². The molecule has 0 aliphatic heterocycles. The van der Waals surface area contributed by atoms with Gasteiger partial charge in [-0.2, -0.15) is 0 Å². The minimum absolute atomic E-state index is 0.260. The molecule has 0 amide bonds. The fourth-order valence-corrected chi connectivity index (χ4v) is 1.90. The van der Waals surface area contributed by atoms with E-state index in [2.05, 4.69) is 5.32 Å². The molecule has 0 aliphatic rings. The van der Waals surface area contributed by atoms with Crippen LogP contribution >= 0.6 is 0 Å². The Kier molecular flexibility index (Phi) is 4.52. The van der Waals surface area contributed by atoms with E-state index in [0.717, 1.165) is 17.7 Å². The lowest BCUT2D eigenvalue weighted by Gasteiger charge is -2.20. The Bertz CT molecular complexity index is 421. The highest BCUT2D eigenvalue weighted by atomic mass is 16.6. The smallest absolute Gasteiger partial charge is 0.338 e. The molecule has 0 bridgehead atoms. The highest BCUT2D eigenvalue weighted by Crippen LogP contribution is 2.19. The molecule has 0 saturated carbocycles. The summed E-state index contributed by atoms with van der Waals surface area (Å²) in [5.74, 6) is -0.260. The Morgan fingerprint density at radius 2 is 1.72 bits per heavy atom. The van der Waals surface area contributed by atoms with Crippen molar-refractivity contribution in [2.24, 2.45) is 0 Å². The van der Waals surface area contributed by atoms with Gasteiger partial charge in [0.05, 0.1) is 5.56 Å². The number of rotatable bonds is 3. The van der Waals surface area contributed by atoms with Crippen molar-refractivity contribution in [3.8, 4) is 0 Å². The van der Waals surface area contributed by atoms with Crippen LogP contribution in [0.1, 0.15) is 47.8 Å². The number of carbonyl (C=O) groups excluding carboxylic acids is 1. The molecule has 0 heterocycles. The number of aryl methyl sites for hydroxylation is 2. The van der Waals surface area contributed by atoms with E-state index in [1.54, 1.807) is 0 Å². The maximum Gasteiger partial charge on any atom is 0.338 e. The molecule has 1 aromatic carbocycles. The summed E-state index contributed by atoms with van der Waals surface area (Å²) in [4.78, 5) is 12.0. The normalized spacial score (nSPS) is 11.4. The van der Waals surface area contributed by atoms with Gasteiger partial charge in [0.15, 0.2) is 0 Å². The van der Waals surface area contributed by atoms with Crippen molar-refractivity contribution < 1.29 is 9.53 Å². The molecule has 100 valence electrons. The van der Waals surface area contributed by atoms with Crippen LogP contribution in [0.4, 0.5) is 0 Å². The number of hydrogen-bond donors (Lipinski definition) is 1. The zero-order valence-corrected chi connectivity index (χ0v) is 12.2. The molecule has 1 aromatic rings. The lowest BCUT2D eigenvalue weighted by Crippen LogP contribution is -2.24. The maximum absolute atomic E-state index is 12.0. The van der Waals surface area contributed by atoms with Crippen molar-refractivity contribution >= 4 is 5.97 Å². The van der Waals surface area contributed by atoms with Gasteiger partial charge in [0.1, 0.15) is 5.60 Å². The average molecular weight is 249 g/mol. The largest absolute Gasteiger partial charge is 0.456 e. The lowest BCUT2D eigenvalue weighted by molar-refractivity contribution is 0.00693. The third-order valence-corrected chi connectivity index (χ3v) is 2.68. The lowest BCUT2D eigenvalue weighted by atomic mass is 9.99. The first-order chi connectivity index (χ1) is 8.24. The minimum Gasteiger partial charge on any atom is -0.456 e. The van der Waals surface area contributed by atoms with Crippen LogP contribution < -0.4 is 5.32 Å². The predicted molar refractivity (Wildman–Crippen MR) is 73.8 cm³/mol. The van der Waals surface area contributed by atoms with E-state index in [1.165, 1.54) is 5.56 Å². The molecule has 3 heteroatoms. The molecule has 0 radical (unpaired) electrons. The third kappa shape index (κ3) is 3.84. The van der Waals surface area contributed by atoms with E-state index < -0.39 is 5.60 Å². The van der Waals surface area contributed by atoms with Gasteiger partial charge in [-0.05, 0) is 70.5 Å². The Hall–Kier alpha value is -1.35. The topological polar surface area (TPSA) is 38.3 Å². The summed E-state index contributed by atoms with van der Waals surface area (Å²) in [6.07, 6.45) is 0. The van der Waals surface area contributed by atoms with Crippen molar-refractivity contribution in [1.29, 1.82) is 0 Å². The molecule has 0 fully saturated rings. The van der Waals surface area contributed by atoms with E-state index in [1.807, 2.05) is 53.8 Å². The standard InChI is InChI=1S/C15H23NO2/c1-10-7-12(14(17)18-15(3,4)5)8-11(2)13(10)9-16-6/h7-8,16H,9H2,1-6H3. The molecular formula is C15H23NO2. The van der Waals surface area contributed by atoms with Crippen LogP contribution in [0, 0.1) is 13.8 Å². The molecule has 0 aromatic heterocycles. The van der Waals surface area contributed by atoms with Crippen LogP contribution in [0.3, 0.4) is 0 Å². The quantitative estimate of drug-likeness (QED) is 0.837. The van der Waals surface area contributed by atoms with Crippen LogP contribution in [0.25, 0.3) is 0 Å². The molecule has 0 saturated heterocycles. The summed E-state index contributed by atoms with van der Waals surface area (Å²) < 4.78 is 5.38. The first-order valence-corrected chi connectivity index (χ1v) is 6.22. The van der Waals surface area contributed by atoms with Gasteiger partial charge in [0, 0.05) is 6.54 Å². The number of benzene rings is 1. The molecular weight excluding hydrogens is 226 g/mol. The Morgan fingerprint density at radius 1 is 1.22 bits per heavy atom. The van der Waals surface area contributed by atoms with Crippen LogP contribution in [-0.4, -0.2) is 18.6 Å². The van der Waals surface area contributed by atoms with Gasteiger partial charge in [-0.1, -0.05) is 0 Å². The van der Waals surface area contributed by atoms with Gasteiger partial charge >= 0.3 is 5.97 Å². The van der Waals surface area contributed by atoms with Crippen molar-refractivity contribution in [2.75, 3.05) is 7.05 Å². The SMILES string of the molecule is CNCc1c(C)cc(C(=O)OC(C)(C)C)cc1C. The molecule has 1 N–H and O–H groups in total. The Balaban J connectivity index is 3.03. The summed E-state index contributed by atoms with van der Waals surface area (Å²) in [5.41, 5.74) is 3.64. The first kappa shape index (κ1) is 14.7. The maximum atomic E-state index is 12.0. The van der Waals surface area contributed by atoms with Crippen molar-refractivity contribution in [3.63, 3.8) is 0 Å². The van der Waals surface area contributed by atoms with Gasteiger partial charge in [-0.25, -0.2) is 4.79 Å². The van der Waals surface area contributed by atoms with E-state index in [-0.39, 0.29) is 5.97 Å². The Morgan fingerprint density at radius 3 is 2.11 bits per heavy atom. The van der Waals surface area contributed by atoms with Gasteiger partial charge in [0.25, 0.3) is 0 Å². The zero-order valence-electron chi connectivity index (χ0n) is 12.2. The van der Waals surface area contributed by atoms with Crippen molar-refractivity contribution in [3.05, 3.63) is 34.4 Å². The second-order valence-electron chi connectivity index (χ2n) is 5.62. The summed E-state index contributed by atoms with van der Waals surface area (Å²) in [6.45, 7) is 10.5. The summed E-state index contributed by atoms with van der Waals surface area (Å²) in [6, 6.07) is 3.79. The van der Waals surface area contributed by atoms with Crippen LogP contribution in [-0.2, 0) is 11.3 Å². The predicted octanol–water partition coefficient (Wildman–Crippen LogP) is 2.98. The number of esters is 1. The molecule has 0 atom stereocenters. The van der Waals surface area contributed by atoms with Crippen molar-refractivity contribution in [2.45, 2.75) is 46.8 Å². The first-order valence-electron chi connectivity index (χ1n) is 6.22. The van der Waals surface area contributed by atoms with E-state index >= 15 is 0 Å². The third-order valence-electron chi connectivity index (χ3n) is 2.68. The second kappa shape index (κ2) is 5.53. The number of hydrogen-bond acceptors (Lipinski definition) is 3. The number of ether oxygens (including phenoxy) is 1. The summed E-state index contributed by atoms with van der Waals surface area (Å²) >= 11 is 0. The zero-order chi connectivity index (χ0) is 13.9. The minimum atomic E-state index is -0.456. The van der Waals surface area contributed by atoms with E-state index in [4.69, 9.17) is 4.74 Å². The fraction of sp³-hybridized carbons (Fsp3) is 0.533. The van der Waals surface area contributed by atoms with Crippen LogP contribution in [0.5, 0.6) is 0 Å². The fourth-order valence-electron chi connectivity index (χ4n) is 1.90. The molecule has 1 rings (SSSR count). The molecule has 0 unspecified atom stereocenters. The number of nitrogens with one attached hydrogen (secondary N) is 1. The molecule has 0 spiro atoms.